The molecule has 0 aliphatic heterocycles. The minimum Gasteiger partial charge on any atom is -0.497 e. The highest BCUT2D eigenvalue weighted by atomic mass is 19.3. The summed E-state index contributed by atoms with van der Waals surface area (Å²) < 4.78 is 40.5. The van der Waals surface area contributed by atoms with Gasteiger partial charge >= 0.3 is 6.61 Å². The monoisotopic (exact) mass is 393 g/mol. The van der Waals surface area contributed by atoms with Crippen molar-refractivity contribution in [1.29, 1.82) is 0 Å². The number of para-hydroxylation sites is 1. The standard InChI is InChI=1S/C20H25F2N3O3/c1-14(27-17-10-8-16(26-3)9-11-17)12-24-20(23-2)25-13-15-6-4-5-7-18(15)28-19(21)22/h4-11,14,19H,12-13H2,1-3H3,(H2,23,24,25). The highest BCUT2D eigenvalue weighted by molar-refractivity contribution is 5.79. The lowest BCUT2D eigenvalue weighted by Crippen LogP contribution is -2.41. The van der Waals surface area contributed by atoms with Gasteiger partial charge in [-0.25, -0.2) is 0 Å². The number of aliphatic imine (C=N–C) groups is 1. The average molecular weight is 393 g/mol. The summed E-state index contributed by atoms with van der Waals surface area (Å²) in [6, 6.07) is 14.0. The molecule has 0 fully saturated rings. The van der Waals surface area contributed by atoms with Crippen LogP contribution in [0.2, 0.25) is 0 Å². The third kappa shape index (κ3) is 6.94. The first-order chi connectivity index (χ1) is 13.5. The van der Waals surface area contributed by atoms with Crippen LogP contribution in [0.5, 0.6) is 17.2 Å². The minimum absolute atomic E-state index is 0.124. The predicted octanol–water partition coefficient (Wildman–Crippen LogP) is 3.43. The van der Waals surface area contributed by atoms with Crippen LogP contribution in [-0.2, 0) is 6.54 Å². The van der Waals surface area contributed by atoms with E-state index in [0.29, 0.717) is 18.1 Å². The zero-order valence-electron chi connectivity index (χ0n) is 16.1. The molecule has 1 atom stereocenters. The van der Waals surface area contributed by atoms with Crippen molar-refractivity contribution in [3.63, 3.8) is 0 Å². The Bertz CT molecular complexity index is 755. The molecule has 0 spiro atoms. The Hall–Kier alpha value is -3.03. The normalized spacial score (nSPS) is 12.4. The molecule has 0 aromatic heterocycles. The van der Waals surface area contributed by atoms with Crippen LogP contribution >= 0.6 is 0 Å². The molecule has 152 valence electrons. The van der Waals surface area contributed by atoms with E-state index in [1.165, 1.54) is 6.07 Å². The Balaban J connectivity index is 1.82. The molecule has 2 rings (SSSR count). The summed E-state index contributed by atoms with van der Waals surface area (Å²) in [6.45, 7) is -0.150. The lowest BCUT2D eigenvalue weighted by Gasteiger charge is -2.18. The second-order valence-corrected chi connectivity index (χ2v) is 5.90. The summed E-state index contributed by atoms with van der Waals surface area (Å²) in [5, 5.41) is 6.22. The number of nitrogens with one attached hydrogen (secondary N) is 2. The maximum Gasteiger partial charge on any atom is 0.387 e. The molecular weight excluding hydrogens is 368 g/mol. The first-order valence-corrected chi connectivity index (χ1v) is 8.79. The SMILES string of the molecule is CN=C(NCc1ccccc1OC(F)F)NCC(C)Oc1ccc(OC)cc1. The molecule has 0 saturated carbocycles. The Morgan fingerprint density at radius 1 is 1.00 bits per heavy atom. The molecule has 0 radical (unpaired) electrons. The smallest absolute Gasteiger partial charge is 0.387 e. The zero-order valence-corrected chi connectivity index (χ0v) is 16.1. The molecule has 0 aliphatic rings. The lowest BCUT2D eigenvalue weighted by molar-refractivity contribution is -0.0504. The van der Waals surface area contributed by atoms with Gasteiger partial charge in [-0.05, 0) is 37.3 Å². The number of benzene rings is 2. The van der Waals surface area contributed by atoms with Crippen LogP contribution in [0.25, 0.3) is 0 Å². The van der Waals surface area contributed by atoms with E-state index in [-0.39, 0.29) is 18.4 Å². The number of hydrogen-bond donors (Lipinski definition) is 2. The number of alkyl halides is 2. The van der Waals surface area contributed by atoms with E-state index >= 15 is 0 Å². The van der Waals surface area contributed by atoms with E-state index < -0.39 is 6.61 Å². The molecular formula is C20H25F2N3O3. The van der Waals surface area contributed by atoms with Crippen molar-refractivity contribution >= 4 is 5.96 Å². The third-order valence-electron chi connectivity index (χ3n) is 3.81. The van der Waals surface area contributed by atoms with Crippen molar-refractivity contribution in [2.75, 3.05) is 20.7 Å². The molecule has 2 aromatic carbocycles. The fourth-order valence-electron chi connectivity index (χ4n) is 2.43. The molecule has 0 saturated heterocycles. The Morgan fingerprint density at radius 2 is 1.68 bits per heavy atom. The van der Waals surface area contributed by atoms with E-state index in [9.17, 15) is 8.78 Å². The first-order valence-electron chi connectivity index (χ1n) is 8.79. The fraction of sp³-hybridized carbons (Fsp3) is 0.350. The number of hydrogen-bond acceptors (Lipinski definition) is 4. The molecule has 6 nitrogen and oxygen atoms in total. The average Bonchev–Trinajstić information content (AvgIpc) is 2.69. The molecule has 2 aromatic rings. The zero-order chi connectivity index (χ0) is 20.4. The lowest BCUT2D eigenvalue weighted by atomic mass is 10.2. The van der Waals surface area contributed by atoms with Gasteiger partial charge in [0.15, 0.2) is 5.96 Å². The largest absolute Gasteiger partial charge is 0.497 e. The number of rotatable bonds is 9. The second kappa shape index (κ2) is 11.0. The molecule has 0 heterocycles. The van der Waals surface area contributed by atoms with Gasteiger partial charge in [-0.3, -0.25) is 4.99 Å². The van der Waals surface area contributed by atoms with Crippen LogP contribution < -0.4 is 24.8 Å². The molecule has 8 heteroatoms. The van der Waals surface area contributed by atoms with Gasteiger partial charge in [-0.15, -0.1) is 0 Å². The maximum absolute atomic E-state index is 12.5. The van der Waals surface area contributed by atoms with E-state index in [1.807, 2.05) is 31.2 Å². The van der Waals surface area contributed by atoms with Crippen LogP contribution in [0.4, 0.5) is 8.78 Å². The summed E-state index contributed by atoms with van der Waals surface area (Å²) in [6.07, 6.45) is -0.124. The number of guanidine groups is 1. The molecule has 1 unspecified atom stereocenters. The van der Waals surface area contributed by atoms with Crippen LogP contribution in [0.3, 0.4) is 0 Å². The van der Waals surface area contributed by atoms with Crippen LogP contribution in [-0.4, -0.2) is 39.4 Å². The van der Waals surface area contributed by atoms with Gasteiger partial charge in [0.1, 0.15) is 23.4 Å². The van der Waals surface area contributed by atoms with Crippen LogP contribution in [0.1, 0.15) is 12.5 Å². The van der Waals surface area contributed by atoms with Crippen LogP contribution in [0.15, 0.2) is 53.5 Å². The third-order valence-corrected chi connectivity index (χ3v) is 3.81. The maximum atomic E-state index is 12.5. The Kier molecular flexibility index (Phi) is 8.33. The highest BCUT2D eigenvalue weighted by Gasteiger charge is 2.10. The number of methoxy groups -OCH3 is 1. The van der Waals surface area contributed by atoms with E-state index in [2.05, 4.69) is 20.4 Å². The quantitative estimate of drug-likeness (QED) is 0.505. The van der Waals surface area contributed by atoms with Crippen molar-refractivity contribution in [3.8, 4) is 17.2 Å². The number of nitrogens with zero attached hydrogens (tertiary/aromatic N) is 1. The van der Waals surface area contributed by atoms with Crippen LogP contribution in [0, 0.1) is 0 Å². The Morgan fingerprint density at radius 3 is 2.32 bits per heavy atom. The topological polar surface area (TPSA) is 64.1 Å². The van der Waals surface area contributed by atoms with E-state index in [4.69, 9.17) is 9.47 Å². The van der Waals surface area contributed by atoms with Gasteiger partial charge in [0.2, 0.25) is 0 Å². The molecule has 0 bridgehead atoms. The predicted molar refractivity (Wildman–Crippen MR) is 104 cm³/mol. The second-order valence-electron chi connectivity index (χ2n) is 5.90. The van der Waals surface area contributed by atoms with Gasteiger partial charge < -0.3 is 24.8 Å². The van der Waals surface area contributed by atoms with Gasteiger partial charge in [0, 0.05) is 19.2 Å². The fourth-order valence-corrected chi connectivity index (χ4v) is 2.43. The van der Waals surface area contributed by atoms with Crippen molar-refractivity contribution in [3.05, 3.63) is 54.1 Å². The summed E-state index contributed by atoms with van der Waals surface area (Å²) in [5.74, 6) is 2.16. The summed E-state index contributed by atoms with van der Waals surface area (Å²) in [4.78, 5) is 4.13. The number of ether oxygens (including phenoxy) is 3. The van der Waals surface area contributed by atoms with Crippen molar-refractivity contribution in [2.24, 2.45) is 4.99 Å². The summed E-state index contributed by atoms with van der Waals surface area (Å²) in [5.41, 5.74) is 0.605. The molecule has 0 amide bonds. The molecule has 28 heavy (non-hydrogen) atoms. The van der Waals surface area contributed by atoms with E-state index in [0.717, 1.165) is 11.5 Å². The Labute approximate surface area is 163 Å². The van der Waals surface area contributed by atoms with Crippen molar-refractivity contribution < 1.29 is 23.0 Å². The van der Waals surface area contributed by atoms with Crippen molar-refractivity contribution in [2.45, 2.75) is 26.2 Å². The summed E-state index contributed by atoms with van der Waals surface area (Å²) in [7, 11) is 3.24. The molecule has 2 N–H and O–H groups in total. The van der Waals surface area contributed by atoms with Gasteiger partial charge in [0.25, 0.3) is 0 Å². The minimum atomic E-state index is -2.87. The number of halogens is 2. The van der Waals surface area contributed by atoms with Gasteiger partial charge in [0.05, 0.1) is 13.7 Å². The van der Waals surface area contributed by atoms with Gasteiger partial charge in [-0.2, -0.15) is 8.78 Å². The van der Waals surface area contributed by atoms with E-state index in [1.54, 1.807) is 32.4 Å². The van der Waals surface area contributed by atoms with Crippen molar-refractivity contribution in [1.82, 2.24) is 10.6 Å². The molecule has 0 aliphatic carbocycles. The van der Waals surface area contributed by atoms with Gasteiger partial charge in [-0.1, -0.05) is 18.2 Å². The highest BCUT2D eigenvalue weighted by Crippen LogP contribution is 2.20. The first kappa shape index (κ1) is 21.3. The summed E-state index contributed by atoms with van der Waals surface area (Å²) >= 11 is 0.